The number of aliphatic carboxylic acids is 1. The highest BCUT2D eigenvalue weighted by Crippen LogP contribution is 2.43. The Morgan fingerprint density at radius 2 is 1.46 bits per heavy atom. The Kier molecular flexibility index (Phi) is 10.6. The fourth-order valence-corrected chi connectivity index (χ4v) is 6.35. The molecule has 0 spiro atoms. The van der Waals surface area contributed by atoms with Gasteiger partial charge in [-0.25, -0.2) is 15.0 Å². The highest BCUT2D eigenvalue weighted by Gasteiger charge is 2.50. The summed E-state index contributed by atoms with van der Waals surface area (Å²) in [6.07, 6.45) is -1.65. The number of carbonyl (C=O) groups is 2. The maximum absolute atomic E-state index is 13.0. The number of aromatic nitrogens is 4. The number of benzene rings is 3. The smallest absolute Gasteiger partial charge is 0.306 e. The lowest BCUT2D eigenvalue weighted by Gasteiger charge is -2.37. The fraction of sp³-hybridized carbons (Fsp3) is 0.306. The van der Waals surface area contributed by atoms with Gasteiger partial charge in [-0.05, 0) is 41.0 Å². The van der Waals surface area contributed by atoms with Gasteiger partial charge in [0.2, 0.25) is 0 Å². The summed E-state index contributed by atoms with van der Waals surface area (Å²) in [6.45, 7) is -0.109. The van der Waals surface area contributed by atoms with Crippen LogP contribution in [0, 0.1) is 0 Å². The van der Waals surface area contributed by atoms with E-state index in [2.05, 4.69) is 15.0 Å². The van der Waals surface area contributed by atoms with Crippen molar-refractivity contribution in [1.82, 2.24) is 19.5 Å². The van der Waals surface area contributed by atoms with Crippen LogP contribution in [0.1, 0.15) is 35.8 Å². The molecule has 1 aliphatic heterocycles. The molecule has 5 aromatic rings. The molecule has 0 bridgehead atoms. The average molecular weight is 703 g/mol. The predicted molar refractivity (Wildman–Crippen MR) is 180 cm³/mol. The van der Waals surface area contributed by atoms with Gasteiger partial charge in [0, 0.05) is 7.11 Å². The molecule has 6 rings (SSSR count). The largest absolute Gasteiger partial charge is 0.497 e. The van der Waals surface area contributed by atoms with Crippen molar-refractivity contribution >= 4 is 34.7 Å². The normalized spacial score (nSPS) is 19.0. The number of nitrogens with zero attached hydrogens (tertiary/aromatic N) is 4. The van der Waals surface area contributed by atoms with E-state index < -0.39 is 48.5 Å². The molecule has 4 atom stereocenters. The van der Waals surface area contributed by atoms with E-state index in [9.17, 15) is 14.7 Å². The highest BCUT2D eigenvalue weighted by molar-refractivity contribution is 6.33. The van der Waals surface area contributed by atoms with Crippen molar-refractivity contribution in [3.63, 3.8) is 0 Å². The lowest BCUT2D eigenvalue weighted by molar-refractivity contribution is -0.161. The summed E-state index contributed by atoms with van der Waals surface area (Å²) in [6, 6.07) is 24.8. The van der Waals surface area contributed by atoms with E-state index in [1.807, 2.05) is 78.9 Å². The van der Waals surface area contributed by atoms with Crippen molar-refractivity contribution in [1.29, 1.82) is 0 Å². The van der Waals surface area contributed by atoms with Gasteiger partial charge in [-0.2, -0.15) is 0 Å². The Balaban J connectivity index is 1.43. The number of hydrogen-bond acceptors (Lipinski definition) is 11. The molecular weight excluding hydrogens is 668 g/mol. The van der Waals surface area contributed by atoms with E-state index in [1.165, 1.54) is 19.8 Å². The molecule has 0 amide bonds. The molecule has 1 N–H and O–H groups in total. The first-order valence-electron chi connectivity index (χ1n) is 15.7. The SMILES string of the molecule is COc1ccc(C(OC[C@H]2O[C@@H](n3cnc4c(Cl)ncnc43)C(OC)C2OC(=O)CCC(=O)O)(c2ccccc2)c2ccc(OC)cc2)cc1. The van der Waals surface area contributed by atoms with Crippen LogP contribution in [0.25, 0.3) is 11.2 Å². The summed E-state index contributed by atoms with van der Waals surface area (Å²) in [5.41, 5.74) is 1.91. The van der Waals surface area contributed by atoms with Gasteiger partial charge >= 0.3 is 11.9 Å². The van der Waals surface area contributed by atoms with E-state index in [4.69, 9.17) is 40.0 Å². The van der Waals surface area contributed by atoms with Gasteiger partial charge < -0.3 is 33.5 Å². The van der Waals surface area contributed by atoms with E-state index in [-0.39, 0.29) is 18.2 Å². The van der Waals surface area contributed by atoms with Crippen molar-refractivity contribution < 1.29 is 43.1 Å². The molecule has 260 valence electrons. The number of halogens is 1. The molecule has 3 aromatic carbocycles. The Bertz CT molecular complexity index is 1870. The van der Waals surface area contributed by atoms with Gasteiger partial charge in [-0.15, -0.1) is 0 Å². The third-order valence-corrected chi connectivity index (χ3v) is 8.87. The molecule has 14 heteroatoms. The van der Waals surface area contributed by atoms with E-state index in [0.29, 0.717) is 22.7 Å². The minimum atomic E-state index is -1.20. The number of carbonyl (C=O) groups excluding carboxylic acids is 1. The van der Waals surface area contributed by atoms with Crippen molar-refractivity contribution in [3.8, 4) is 11.5 Å². The van der Waals surface area contributed by atoms with Crippen molar-refractivity contribution in [3.05, 3.63) is 113 Å². The molecule has 3 heterocycles. The number of imidazole rings is 1. The van der Waals surface area contributed by atoms with Crippen LogP contribution in [0.5, 0.6) is 11.5 Å². The molecule has 2 aromatic heterocycles. The Morgan fingerprint density at radius 1 is 0.840 bits per heavy atom. The molecule has 0 saturated carbocycles. The van der Waals surface area contributed by atoms with E-state index in [1.54, 1.807) is 18.8 Å². The van der Waals surface area contributed by atoms with Crippen molar-refractivity contribution in [2.24, 2.45) is 0 Å². The van der Waals surface area contributed by atoms with Crippen molar-refractivity contribution in [2.75, 3.05) is 27.9 Å². The Hall–Kier alpha value is -5.08. The van der Waals surface area contributed by atoms with Gasteiger partial charge in [-0.3, -0.25) is 14.2 Å². The number of carboxylic acids is 1. The molecule has 50 heavy (non-hydrogen) atoms. The van der Waals surface area contributed by atoms with Crippen LogP contribution < -0.4 is 9.47 Å². The van der Waals surface area contributed by atoms with Crippen molar-refractivity contribution in [2.45, 2.75) is 43.0 Å². The molecule has 0 radical (unpaired) electrons. The highest BCUT2D eigenvalue weighted by atomic mass is 35.5. The molecule has 1 aliphatic rings. The fourth-order valence-electron chi connectivity index (χ4n) is 6.17. The Labute approximate surface area is 292 Å². The van der Waals surface area contributed by atoms with Crippen LogP contribution in [0.3, 0.4) is 0 Å². The first-order valence-corrected chi connectivity index (χ1v) is 16.1. The van der Waals surface area contributed by atoms with Crippen LogP contribution in [-0.2, 0) is 34.1 Å². The van der Waals surface area contributed by atoms with Gasteiger partial charge in [-0.1, -0.05) is 66.2 Å². The molecule has 2 unspecified atom stereocenters. The van der Waals surface area contributed by atoms with Crippen LogP contribution >= 0.6 is 11.6 Å². The third-order valence-electron chi connectivity index (χ3n) is 8.59. The topological polar surface area (TPSA) is 153 Å². The monoisotopic (exact) mass is 702 g/mol. The first kappa shape index (κ1) is 34.8. The number of ether oxygens (including phenoxy) is 6. The van der Waals surface area contributed by atoms with Gasteiger partial charge in [0.15, 0.2) is 23.1 Å². The Morgan fingerprint density at radius 3 is 2.04 bits per heavy atom. The first-order chi connectivity index (χ1) is 24.3. The molecule has 13 nitrogen and oxygen atoms in total. The standard InChI is InChI=1S/C36H35ClN4O9/c1-45-25-13-9-23(10-14-25)36(22-7-5-4-6-8-22,24-11-15-26(46-2)16-12-24)48-19-27-31(50-29(44)18-17-28(42)43)32(47-3)35(49-27)41-21-40-30-33(37)38-20-39-34(30)41/h4-16,20-21,27,31-32,35H,17-19H2,1-3H3,(H,42,43)/t27-,31?,32?,35-/m1/s1. The lowest BCUT2D eigenvalue weighted by atomic mass is 9.80. The van der Waals surface area contributed by atoms with Gasteiger partial charge in [0.25, 0.3) is 0 Å². The number of esters is 1. The van der Waals surface area contributed by atoms with Gasteiger partial charge in [0.1, 0.15) is 41.2 Å². The number of carboxylic acid groups (broad SMARTS) is 1. The maximum Gasteiger partial charge on any atom is 0.306 e. The van der Waals surface area contributed by atoms with Gasteiger partial charge in [0.05, 0.1) is 40.0 Å². The molecular formula is C36H35ClN4O9. The van der Waals surface area contributed by atoms with Crippen LogP contribution in [0.2, 0.25) is 5.15 Å². The lowest BCUT2D eigenvalue weighted by Crippen LogP contribution is -2.42. The van der Waals surface area contributed by atoms with E-state index in [0.717, 1.165) is 16.7 Å². The zero-order chi connectivity index (χ0) is 35.3. The molecule has 1 saturated heterocycles. The van der Waals surface area contributed by atoms with Crippen LogP contribution in [0.15, 0.2) is 91.5 Å². The number of methoxy groups -OCH3 is 3. The number of hydrogen-bond donors (Lipinski definition) is 1. The summed E-state index contributed by atoms with van der Waals surface area (Å²) < 4.78 is 38.1. The summed E-state index contributed by atoms with van der Waals surface area (Å²) in [5.74, 6) is -0.520. The second-order valence-corrected chi connectivity index (χ2v) is 11.8. The van der Waals surface area contributed by atoms with E-state index >= 15 is 0 Å². The average Bonchev–Trinajstić information content (AvgIpc) is 3.73. The summed E-state index contributed by atoms with van der Waals surface area (Å²) in [7, 11) is 4.66. The third kappa shape index (κ3) is 6.85. The molecule has 0 aliphatic carbocycles. The minimum Gasteiger partial charge on any atom is -0.497 e. The second-order valence-electron chi connectivity index (χ2n) is 11.4. The number of rotatable bonds is 14. The minimum absolute atomic E-state index is 0.109. The quantitative estimate of drug-likeness (QED) is 0.0920. The predicted octanol–water partition coefficient (Wildman–Crippen LogP) is 5.19. The zero-order valence-electron chi connectivity index (χ0n) is 27.5. The number of fused-ring (bicyclic) bond motifs is 1. The maximum atomic E-state index is 13.0. The second kappa shape index (κ2) is 15.2. The summed E-state index contributed by atoms with van der Waals surface area (Å²) in [5, 5.41) is 9.36. The van der Waals surface area contributed by atoms with Crippen LogP contribution in [0.4, 0.5) is 0 Å². The summed E-state index contributed by atoms with van der Waals surface area (Å²) in [4.78, 5) is 37.0. The van der Waals surface area contributed by atoms with Crippen LogP contribution in [-0.4, -0.2) is 82.8 Å². The molecule has 1 fully saturated rings. The zero-order valence-corrected chi connectivity index (χ0v) is 28.2. The summed E-state index contributed by atoms with van der Waals surface area (Å²) >= 11 is 6.29.